The van der Waals surface area contributed by atoms with Gasteiger partial charge in [0.2, 0.25) is 11.8 Å². The molecule has 1 aromatic heterocycles. The molecule has 2 aromatic rings. The van der Waals surface area contributed by atoms with Gasteiger partial charge in [-0.1, -0.05) is 18.2 Å². The third kappa shape index (κ3) is 2.18. The van der Waals surface area contributed by atoms with Gasteiger partial charge in [-0.3, -0.25) is 9.56 Å². The molecular weight excluding hydrogens is 272 g/mol. The fourth-order valence-corrected chi connectivity index (χ4v) is 2.87. The van der Waals surface area contributed by atoms with Gasteiger partial charge in [0.05, 0.1) is 24.9 Å². The summed E-state index contributed by atoms with van der Waals surface area (Å²) in [6, 6.07) is 12.1. The molecule has 1 aromatic carbocycles. The van der Waals surface area contributed by atoms with Crippen molar-refractivity contribution in [3.05, 3.63) is 42.0 Å². The van der Waals surface area contributed by atoms with Crippen molar-refractivity contribution in [2.75, 3.05) is 26.5 Å². The number of aliphatic imine (C=N–C) groups is 1. The van der Waals surface area contributed by atoms with E-state index in [1.165, 1.54) is 0 Å². The van der Waals surface area contributed by atoms with Crippen molar-refractivity contribution in [3.63, 3.8) is 0 Å². The summed E-state index contributed by atoms with van der Waals surface area (Å²) in [6.45, 7) is 1.26. The van der Waals surface area contributed by atoms with Crippen LogP contribution in [-0.4, -0.2) is 36.1 Å². The highest BCUT2D eigenvalue weighted by Crippen LogP contribution is 2.36. The van der Waals surface area contributed by atoms with Gasteiger partial charge in [0.1, 0.15) is 11.7 Å². The molecule has 0 N–H and O–H groups in total. The quantitative estimate of drug-likeness (QED) is 0.852. The number of aromatic nitrogens is 1. The summed E-state index contributed by atoms with van der Waals surface area (Å²) in [7, 11) is 1.67. The van der Waals surface area contributed by atoms with Crippen LogP contribution >= 0.6 is 11.8 Å². The molecule has 5 heteroatoms. The van der Waals surface area contributed by atoms with E-state index in [0.717, 1.165) is 28.1 Å². The van der Waals surface area contributed by atoms with Crippen molar-refractivity contribution < 1.29 is 9.47 Å². The third-order valence-corrected chi connectivity index (χ3v) is 3.89. The number of fused-ring (bicyclic) bond motifs is 1. The first-order valence-electron chi connectivity index (χ1n) is 6.42. The number of ether oxygens (including phenoxy) is 2. The fourth-order valence-electron chi connectivity index (χ4n) is 2.29. The van der Waals surface area contributed by atoms with E-state index in [4.69, 9.17) is 9.47 Å². The number of nitrogens with zero attached hydrogens (tertiary/aromatic N) is 2. The Hall–Kier alpha value is -1.88. The molecular formula is C15H16N2O2S. The van der Waals surface area contributed by atoms with Crippen LogP contribution in [-0.2, 0) is 0 Å². The Bertz CT molecular complexity index is 635. The molecule has 1 aliphatic rings. The van der Waals surface area contributed by atoms with E-state index < -0.39 is 0 Å². The first-order chi connectivity index (χ1) is 9.85. The molecule has 0 atom stereocenters. The lowest BCUT2D eigenvalue weighted by Crippen LogP contribution is -2.05. The van der Waals surface area contributed by atoms with Crippen molar-refractivity contribution >= 4 is 16.8 Å². The van der Waals surface area contributed by atoms with E-state index >= 15 is 0 Å². The van der Waals surface area contributed by atoms with Crippen molar-refractivity contribution in [1.82, 2.24) is 4.57 Å². The molecule has 0 saturated carbocycles. The minimum atomic E-state index is 0.580. The molecule has 0 amide bonds. The lowest BCUT2D eigenvalue weighted by Gasteiger charge is -2.12. The molecule has 0 aliphatic carbocycles. The third-order valence-electron chi connectivity index (χ3n) is 3.15. The predicted molar refractivity (Wildman–Crippen MR) is 82.7 cm³/mol. The lowest BCUT2D eigenvalue weighted by molar-refractivity contribution is 0.303. The first kappa shape index (κ1) is 13.1. The molecule has 104 valence electrons. The van der Waals surface area contributed by atoms with E-state index in [-0.39, 0.29) is 0 Å². The minimum absolute atomic E-state index is 0.580. The molecule has 4 nitrogen and oxygen atoms in total. The Labute approximate surface area is 122 Å². The number of rotatable bonds is 2. The summed E-state index contributed by atoms with van der Waals surface area (Å²) >= 11 is 1.63. The van der Waals surface area contributed by atoms with Crippen LogP contribution in [0.25, 0.3) is 5.69 Å². The van der Waals surface area contributed by atoms with Gasteiger partial charge in [-0.05, 0) is 18.4 Å². The zero-order chi connectivity index (χ0) is 13.9. The Balaban J connectivity index is 2.21. The van der Waals surface area contributed by atoms with Gasteiger partial charge in [-0.15, -0.1) is 11.8 Å². The zero-order valence-corrected chi connectivity index (χ0v) is 12.3. The van der Waals surface area contributed by atoms with Crippen LogP contribution in [0.3, 0.4) is 0 Å². The molecule has 0 bridgehead atoms. The second kappa shape index (κ2) is 5.63. The predicted octanol–water partition coefficient (Wildman–Crippen LogP) is 2.99. The van der Waals surface area contributed by atoms with E-state index in [0.29, 0.717) is 13.2 Å². The van der Waals surface area contributed by atoms with Gasteiger partial charge in [0, 0.05) is 6.07 Å². The normalized spacial score (nSPS) is 14.0. The van der Waals surface area contributed by atoms with Crippen LogP contribution in [0.2, 0.25) is 0 Å². The number of benzene rings is 1. The summed E-state index contributed by atoms with van der Waals surface area (Å²) < 4.78 is 13.4. The summed E-state index contributed by atoms with van der Waals surface area (Å²) in [5.74, 6) is 1.56. The highest BCUT2D eigenvalue weighted by molar-refractivity contribution is 8.13. The molecule has 2 heterocycles. The highest BCUT2D eigenvalue weighted by atomic mass is 32.2. The number of methoxy groups -OCH3 is 1. The molecule has 3 rings (SSSR count). The molecule has 20 heavy (non-hydrogen) atoms. The van der Waals surface area contributed by atoms with Crippen molar-refractivity contribution in [3.8, 4) is 17.4 Å². The topological polar surface area (TPSA) is 35.8 Å². The molecule has 0 fully saturated rings. The summed E-state index contributed by atoms with van der Waals surface area (Å²) in [4.78, 5) is 4.55. The number of hydrogen-bond donors (Lipinski definition) is 0. The van der Waals surface area contributed by atoms with Crippen molar-refractivity contribution in [1.29, 1.82) is 0 Å². The lowest BCUT2D eigenvalue weighted by atomic mass is 10.3. The average molecular weight is 288 g/mol. The number of thioether (sulfide) groups is 1. The molecule has 0 radical (unpaired) electrons. The second-order valence-electron chi connectivity index (χ2n) is 4.32. The zero-order valence-electron chi connectivity index (χ0n) is 11.5. The molecule has 0 unspecified atom stereocenters. The van der Waals surface area contributed by atoms with E-state index in [1.54, 1.807) is 18.9 Å². The molecule has 0 spiro atoms. The number of hydrogen-bond acceptors (Lipinski definition) is 4. The summed E-state index contributed by atoms with van der Waals surface area (Å²) in [5, 5.41) is 0.991. The molecule has 1 aliphatic heterocycles. The van der Waals surface area contributed by atoms with Crippen LogP contribution in [0.15, 0.2) is 41.4 Å². The van der Waals surface area contributed by atoms with Crippen LogP contribution in [0.5, 0.6) is 11.8 Å². The van der Waals surface area contributed by atoms with Crippen LogP contribution in [0.1, 0.15) is 5.56 Å². The van der Waals surface area contributed by atoms with Gasteiger partial charge in [-0.25, -0.2) is 0 Å². The Morgan fingerprint density at radius 3 is 2.80 bits per heavy atom. The van der Waals surface area contributed by atoms with Crippen LogP contribution in [0.4, 0.5) is 0 Å². The summed E-state index contributed by atoms with van der Waals surface area (Å²) in [6.07, 6.45) is 2.03. The SMILES string of the molecule is COc1cc2c(n1-c1ccccc1)OCCN=C2SC. The van der Waals surface area contributed by atoms with Gasteiger partial charge in [0.15, 0.2) is 0 Å². The van der Waals surface area contributed by atoms with E-state index in [2.05, 4.69) is 4.99 Å². The van der Waals surface area contributed by atoms with Gasteiger partial charge >= 0.3 is 0 Å². The van der Waals surface area contributed by atoms with Crippen LogP contribution < -0.4 is 9.47 Å². The first-order valence-corrected chi connectivity index (χ1v) is 7.64. The van der Waals surface area contributed by atoms with Gasteiger partial charge in [-0.2, -0.15) is 0 Å². The smallest absolute Gasteiger partial charge is 0.211 e. The van der Waals surface area contributed by atoms with Gasteiger partial charge in [0.25, 0.3) is 0 Å². The van der Waals surface area contributed by atoms with Crippen molar-refractivity contribution in [2.24, 2.45) is 4.99 Å². The monoisotopic (exact) mass is 288 g/mol. The average Bonchev–Trinajstić information content (AvgIpc) is 2.75. The molecule has 0 saturated heterocycles. The standard InChI is InChI=1S/C15H16N2O2S/c1-18-13-10-12-14(20-2)16-8-9-19-15(12)17(13)11-6-4-3-5-7-11/h3-7,10H,8-9H2,1-2H3. The second-order valence-corrected chi connectivity index (χ2v) is 5.11. The maximum absolute atomic E-state index is 5.90. The Morgan fingerprint density at radius 1 is 1.30 bits per heavy atom. The van der Waals surface area contributed by atoms with E-state index in [1.807, 2.05) is 47.2 Å². The largest absolute Gasteiger partial charge is 0.482 e. The highest BCUT2D eigenvalue weighted by Gasteiger charge is 2.23. The Kier molecular flexibility index (Phi) is 3.69. The fraction of sp³-hybridized carbons (Fsp3) is 0.267. The van der Waals surface area contributed by atoms with Gasteiger partial charge < -0.3 is 9.47 Å². The maximum Gasteiger partial charge on any atom is 0.211 e. The van der Waals surface area contributed by atoms with E-state index in [9.17, 15) is 0 Å². The van der Waals surface area contributed by atoms with Crippen LogP contribution in [0, 0.1) is 0 Å². The number of para-hydroxylation sites is 1. The minimum Gasteiger partial charge on any atom is -0.482 e. The summed E-state index contributed by atoms with van der Waals surface area (Å²) in [5.41, 5.74) is 2.02. The Morgan fingerprint density at radius 2 is 2.10 bits per heavy atom. The van der Waals surface area contributed by atoms with Crippen molar-refractivity contribution in [2.45, 2.75) is 0 Å². The maximum atomic E-state index is 5.90.